The normalized spacial score (nSPS) is 12.1. The minimum atomic E-state index is -0.294. The number of nitrogens with one attached hydrogen (secondary N) is 1. The number of benzene rings is 1. The fourth-order valence-corrected chi connectivity index (χ4v) is 2.63. The van der Waals surface area contributed by atoms with Crippen molar-refractivity contribution < 1.29 is 9.18 Å². The van der Waals surface area contributed by atoms with Gasteiger partial charge in [0.2, 0.25) is 5.91 Å². The van der Waals surface area contributed by atoms with Crippen LogP contribution in [0.2, 0.25) is 0 Å². The molecule has 0 saturated heterocycles. The lowest BCUT2D eigenvalue weighted by molar-refractivity contribution is -0.120. The van der Waals surface area contributed by atoms with E-state index < -0.39 is 0 Å². The highest BCUT2D eigenvalue weighted by atomic mass is 32.1. The molecule has 1 heterocycles. The van der Waals surface area contributed by atoms with Gasteiger partial charge in [0.05, 0.1) is 12.1 Å². The number of carbonyl (C=O) groups excluding carboxylic acids is 1. The van der Waals surface area contributed by atoms with Crippen LogP contribution in [0.15, 0.2) is 29.6 Å². The van der Waals surface area contributed by atoms with Crippen molar-refractivity contribution in [2.24, 2.45) is 5.73 Å². The zero-order valence-corrected chi connectivity index (χ0v) is 12.6. The lowest BCUT2D eigenvalue weighted by Gasteiger charge is -2.06. The summed E-state index contributed by atoms with van der Waals surface area (Å²) >= 11 is 1.40. The standard InChI is InChI=1S/C15H18FN3OS/c1-10(17)5-6-18-14(20)8-13-9-21-15(19-13)11-3-2-4-12(16)7-11/h2-4,7,9-10H,5-6,8,17H2,1H3,(H,18,20). The van der Waals surface area contributed by atoms with Gasteiger partial charge in [-0.05, 0) is 25.5 Å². The highest BCUT2D eigenvalue weighted by molar-refractivity contribution is 7.13. The van der Waals surface area contributed by atoms with Crippen LogP contribution in [0.5, 0.6) is 0 Å². The largest absolute Gasteiger partial charge is 0.356 e. The van der Waals surface area contributed by atoms with Gasteiger partial charge in [-0.1, -0.05) is 12.1 Å². The van der Waals surface area contributed by atoms with E-state index in [9.17, 15) is 9.18 Å². The van der Waals surface area contributed by atoms with Gasteiger partial charge in [0.1, 0.15) is 10.8 Å². The number of hydrogen-bond donors (Lipinski definition) is 2. The van der Waals surface area contributed by atoms with Gasteiger partial charge < -0.3 is 11.1 Å². The maximum absolute atomic E-state index is 13.2. The number of thiazole rings is 1. The highest BCUT2D eigenvalue weighted by Crippen LogP contribution is 2.24. The third-order valence-corrected chi connectivity index (χ3v) is 3.83. The van der Waals surface area contributed by atoms with E-state index >= 15 is 0 Å². The molecular weight excluding hydrogens is 289 g/mol. The average molecular weight is 307 g/mol. The fraction of sp³-hybridized carbons (Fsp3) is 0.333. The van der Waals surface area contributed by atoms with Crippen molar-refractivity contribution >= 4 is 17.2 Å². The van der Waals surface area contributed by atoms with Crippen LogP contribution in [0.4, 0.5) is 4.39 Å². The molecule has 0 aliphatic carbocycles. The van der Waals surface area contributed by atoms with Gasteiger partial charge >= 0.3 is 0 Å². The second kappa shape index (κ2) is 7.28. The molecule has 1 amide bonds. The monoisotopic (exact) mass is 307 g/mol. The summed E-state index contributed by atoms with van der Waals surface area (Å²) in [5.41, 5.74) is 7.04. The van der Waals surface area contributed by atoms with Gasteiger partial charge in [0.15, 0.2) is 0 Å². The first-order chi connectivity index (χ1) is 10.0. The van der Waals surface area contributed by atoms with Gasteiger partial charge in [-0.25, -0.2) is 9.37 Å². The van der Waals surface area contributed by atoms with Crippen LogP contribution < -0.4 is 11.1 Å². The van der Waals surface area contributed by atoms with E-state index in [-0.39, 0.29) is 24.2 Å². The Morgan fingerprint density at radius 1 is 1.52 bits per heavy atom. The second-order valence-electron chi connectivity index (χ2n) is 4.95. The summed E-state index contributed by atoms with van der Waals surface area (Å²) in [5.74, 6) is -0.371. The summed E-state index contributed by atoms with van der Waals surface area (Å²) in [6.07, 6.45) is 0.974. The average Bonchev–Trinajstić information content (AvgIpc) is 2.86. The van der Waals surface area contributed by atoms with Gasteiger partial charge in [0.25, 0.3) is 0 Å². The molecule has 0 saturated carbocycles. The first-order valence-corrected chi connectivity index (χ1v) is 7.65. The van der Waals surface area contributed by atoms with Crippen LogP contribution in [0.3, 0.4) is 0 Å². The third kappa shape index (κ3) is 4.91. The number of nitrogens with zero attached hydrogens (tertiary/aromatic N) is 1. The van der Waals surface area contributed by atoms with Crippen molar-refractivity contribution in [3.8, 4) is 10.6 Å². The third-order valence-electron chi connectivity index (χ3n) is 2.89. The molecule has 3 N–H and O–H groups in total. The van der Waals surface area contributed by atoms with Gasteiger partial charge in [-0.3, -0.25) is 4.79 Å². The van der Waals surface area contributed by atoms with Gasteiger partial charge in [-0.15, -0.1) is 11.3 Å². The number of amides is 1. The molecule has 0 radical (unpaired) electrons. The molecule has 4 nitrogen and oxygen atoms in total. The van der Waals surface area contributed by atoms with E-state index in [0.717, 1.165) is 12.0 Å². The molecule has 6 heteroatoms. The molecule has 1 unspecified atom stereocenters. The van der Waals surface area contributed by atoms with E-state index in [1.807, 2.05) is 12.3 Å². The Kier molecular flexibility index (Phi) is 5.41. The first-order valence-electron chi connectivity index (χ1n) is 6.77. The molecule has 2 rings (SSSR count). The predicted molar refractivity (Wildman–Crippen MR) is 82.5 cm³/mol. The lowest BCUT2D eigenvalue weighted by Crippen LogP contribution is -2.30. The van der Waals surface area contributed by atoms with Gasteiger partial charge in [-0.2, -0.15) is 0 Å². The van der Waals surface area contributed by atoms with E-state index in [2.05, 4.69) is 10.3 Å². The van der Waals surface area contributed by atoms with Crippen molar-refractivity contribution in [3.05, 3.63) is 41.2 Å². The molecule has 0 aliphatic heterocycles. The van der Waals surface area contributed by atoms with E-state index in [1.165, 1.54) is 23.5 Å². The van der Waals surface area contributed by atoms with Gasteiger partial charge in [0, 0.05) is 23.5 Å². The van der Waals surface area contributed by atoms with E-state index in [4.69, 9.17) is 5.73 Å². The lowest BCUT2D eigenvalue weighted by atomic mass is 10.2. The van der Waals surface area contributed by atoms with Crippen molar-refractivity contribution in [1.29, 1.82) is 0 Å². The molecule has 0 bridgehead atoms. The van der Waals surface area contributed by atoms with Crippen LogP contribution in [0.1, 0.15) is 19.0 Å². The summed E-state index contributed by atoms with van der Waals surface area (Å²) < 4.78 is 13.2. The predicted octanol–water partition coefficient (Wildman–Crippen LogP) is 2.35. The molecule has 1 aromatic heterocycles. The Balaban J connectivity index is 1.93. The molecule has 112 valence electrons. The number of aromatic nitrogens is 1. The molecule has 0 fully saturated rings. The van der Waals surface area contributed by atoms with E-state index in [0.29, 0.717) is 17.2 Å². The molecule has 1 atom stereocenters. The molecular formula is C15H18FN3OS. The Morgan fingerprint density at radius 3 is 3.05 bits per heavy atom. The Hall–Kier alpha value is -1.79. The summed E-state index contributed by atoms with van der Waals surface area (Å²) in [4.78, 5) is 16.1. The summed E-state index contributed by atoms with van der Waals surface area (Å²) in [6.45, 7) is 2.47. The quantitative estimate of drug-likeness (QED) is 0.861. The first kappa shape index (κ1) is 15.6. The number of carbonyl (C=O) groups is 1. The van der Waals surface area contributed by atoms with Crippen LogP contribution in [-0.4, -0.2) is 23.5 Å². The maximum atomic E-state index is 13.2. The van der Waals surface area contributed by atoms with E-state index in [1.54, 1.807) is 12.1 Å². The number of halogens is 1. The molecule has 1 aromatic carbocycles. The number of rotatable bonds is 6. The minimum absolute atomic E-state index is 0.0733. The van der Waals surface area contributed by atoms with Crippen molar-refractivity contribution in [2.45, 2.75) is 25.8 Å². The Morgan fingerprint density at radius 2 is 2.33 bits per heavy atom. The molecule has 21 heavy (non-hydrogen) atoms. The number of nitrogens with two attached hydrogens (primary N) is 1. The maximum Gasteiger partial charge on any atom is 0.226 e. The SMILES string of the molecule is CC(N)CCNC(=O)Cc1csc(-c2cccc(F)c2)n1. The van der Waals surface area contributed by atoms with Crippen molar-refractivity contribution in [2.75, 3.05) is 6.54 Å². The smallest absolute Gasteiger partial charge is 0.226 e. The van der Waals surface area contributed by atoms with Crippen LogP contribution in [0.25, 0.3) is 10.6 Å². The fourth-order valence-electron chi connectivity index (χ4n) is 1.81. The molecule has 0 spiro atoms. The Bertz CT molecular complexity index is 612. The Labute approximate surface area is 127 Å². The summed E-state index contributed by atoms with van der Waals surface area (Å²) in [7, 11) is 0. The van der Waals surface area contributed by atoms with Crippen LogP contribution >= 0.6 is 11.3 Å². The van der Waals surface area contributed by atoms with Crippen LogP contribution in [0, 0.1) is 5.82 Å². The minimum Gasteiger partial charge on any atom is -0.356 e. The van der Waals surface area contributed by atoms with Crippen LogP contribution in [-0.2, 0) is 11.2 Å². The molecule has 0 aliphatic rings. The number of hydrogen-bond acceptors (Lipinski definition) is 4. The zero-order chi connectivity index (χ0) is 15.2. The second-order valence-corrected chi connectivity index (χ2v) is 5.81. The zero-order valence-electron chi connectivity index (χ0n) is 11.8. The summed E-state index contributed by atoms with van der Waals surface area (Å²) in [5, 5.41) is 5.35. The molecule has 2 aromatic rings. The van der Waals surface area contributed by atoms with Crippen molar-refractivity contribution in [3.63, 3.8) is 0 Å². The topological polar surface area (TPSA) is 68.0 Å². The van der Waals surface area contributed by atoms with Crippen molar-refractivity contribution in [1.82, 2.24) is 10.3 Å². The highest BCUT2D eigenvalue weighted by Gasteiger charge is 2.09. The summed E-state index contributed by atoms with van der Waals surface area (Å²) in [6, 6.07) is 6.35.